The van der Waals surface area contributed by atoms with Crippen LogP contribution in [0.4, 0.5) is 5.82 Å². The molecule has 6 heteroatoms. The van der Waals surface area contributed by atoms with E-state index in [1.807, 2.05) is 6.92 Å². The Bertz CT molecular complexity index is 726. The molecule has 1 aliphatic rings. The molecular formula is C14H14N2O3S. The molecule has 3 rings (SSSR count). The number of anilines is 1. The highest BCUT2D eigenvalue weighted by Gasteiger charge is 2.30. The van der Waals surface area contributed by atoms with Crippen molar-refractivity contribution >= 4 is 15.8 Å². The van der Waals surface area contributed by atoms with Crippen molar-refractivity contribution in [3.8, 4) is 5.75 Å². The van der Waals surface area contributed by atoms with Gasteiger partial charge in [0.1, 0.15) is 6.61 Å². The van der Waals surface area contributed by atoms with Crippen molar-refractivity contribution in [2.24, 2.45) is 0 Å². The molecule has 0 radical (unpaired) electrons. The highest BCUT2D eigenvalue weighted by molar-refractivity contribution is 7.92. The topological polar surface area (TPSA) is 59.5 Å². The first-order valence-electron chi connectivity index (χ1n) is 6.26. The minimum absolute atomic E-state index is 0.264. The molecule has 0 saturated carbocycles. The zero-order valence-electron chi connectivity index (χ0n) is 11.0. The van der Waals surface area contributed by atoms with Gasteiger partial charge < -0.3 is 4.74 Å². The molecule has 5 nitrogen and oxygen atoms in total. The van der Waals surface area contributed by atoms with Gasteiger partial charge in [0.25, 0.3) is 10.0 Å². The van der Waals surface area contributed by atoms with Crippen LogP contribution in [0.2, 0.25) is 0 Å². The molecule has 1 aromatic carbocycles. The van der Waals surface area contributed by atoms with E-state index >= 15 is 0 Å². The Kier molecular flexibility index (Phi) is 3.10. The molecule has 0 unspecified atom stereocenters. The summed E-state index contributed by atoms with van der Waals surface area (Å²) >= 11 is 0. The third kappa shape index (κ3) is 2.12. The van der Waals surface area contributed by atoms with Crippen LogP contribution < -0.4 is 9.04 Å². The molecule has 2 heterocycles. The molecule has 0 spiro atoms. The molecule has 0 saturated heterocycles. The van der Waals surface area contributed by atoms with Crippen LogP contribution in [0.15, 0.2) is 47.5 Å². The lowest BCUT2D eigenvalue weighted by Crippen LogP contribution is -2.38. The Morgan fingerprint density at radius 3 is 2.70 bits per heavy atom. The molecule has 0 aliphatic carbocycles. The fourth-order valence-corrected chi connectivity index (χ4v) is 3.51. The van der Waals surface area contributed by atoms with E-state index in [0.717, 1.165) is 5.56 Å². The second-order valence-corrected chi connectivity index (χ2v) is 6.43. The molecule has 20 heavy (non-hydrogen) atoms. The second-order valence-electron chi connectivity index (χ2n) is 4.56. The van der Waals surface area contributed by atoms with Crippen LogP contribution in [0.5, 0.6) is 5.75 Å². The Morgan fingerprint density at radius 2 is 1.95 bits per heavy atom. The van der Waals surface area contributed by atoms with Crippen molar-refractivity contribution in [2.75, 3.05) is 17.5 Å². The van der Waals surface area contributed by atoms with Gasteiger partial charge in [-0.1, -0.05) is 17.7 Å². The Morgan fingerprint density at radius 1 is 1.20 bits per heavy atom. The standard InChI is InChI=1S/C14H14N2O3S/c1-11-4-6-12(7-5-11)20(17,18)16-9-10-19-13-3-2-8-15-14(13)16/h2-8H,9-10H2,1H3. The summed E-state index contributed by atoms with van der Waals surface area (Å²) in [7, 11) is -3.60. The lowest BCUT2D eigenvalue weighted by molar-refractivity contribution is 0.313. The molecule has 1 aromatic heterocycles. The number of pyridine rings is 1. The molecule has 2 aromatic rings. The number of sulfonamides is 1. The molecule has 0 N–H and O–H groups in total. The minimum Gasteiger partial charge on any atom is -0.488 e. The lowest BCUT2D eigenvalue weighted by atomic mass is 10.2. The highest BCUT2D eigenvalue weighted by Crippen LogP contribution is 2.32. The number of aromatic nitrogens is 1. The molecule has 0 bridgehead atoms. The van der Waals surface area contributed by atoms with E-state index in [0.29, 0.717) is 18.2 Å². The number of aryl methyl sites for hydroxylation is 1. The number of hydrogen-bond acceptors (Lipinski definition) is 4. The SMILES string of the molecule is Cc1ccc(S(=O)(=O)N2CCOc3cccnc32)cc1. The van der Waals surface area contributed by atoms with Crippen LogP contribution >= 0.6 is 0 Å². The zero-order chi connectivity index (χ0) is 14.2. The number of nitrogens with zero attached hydrogens (tertiary/aromatic N) is 2. The van der Waals surface area contributed by atoms with Crippen LogP contribution in [-0.4, -0.2) is 26.6 Å². The van der Waals surface area contributed by atoms with E-state index in [1.54, 1.807) is 42.6 Å². The average molecular weight is 290 g/mol. The second kappa shape index (κ2) is 4.79. The first kappa shape index (κ1) is 12.9. The van der Waals surface area contributed by atoms with Gasteiger partial charge in [-0.25, -0.2) is 17.7 Å². The van der Waals surface area contributed by atoms with Crippen molar-refractivity contribution in [3.05, 3.63) is 48.2 Å². The fraction of sp³-hybridized carbons (Fsp3) is 0.214. The molecule has 104 valence electrons. The van der Waals surface area contributed by atoms with Crippen molar-refractivity contribution < 1.29 is 13.2 Å². The van der Waals surface area contributed by atoms with Gasteiger partial charge in [-0.15, -0.1) is 0 Å². The highest BCUT2D eigenvalue weighted by atomic mass is 32.2. The molecule has 0 atom stereocenters. The van der Waals surface area contributed by atoms with Gasteiger partial charge in [-0.2, -0.15) is 0 Å². The predicted octanol–water partition coefficient (Wildman–Crippen LogP) is 1.98. The van der Waals surface area contributed by atoms with Gasteiger partial charge in [0, 0.05) is 6.20 Å². The van der Waals surface area contributed by atoms with Crippen LogP contribution in [0.25, 0.3) is 0 Å². The maximum absolute atomic E-state index is 12.7. The van der Waals surface area contributed by atoms with Gasteiger partial charge in [-0.3, -0.25) is 0 Å². The maximum Gasteiger partial charge on any atom is 0.265 e. The maximum atomic E-state index is 12.7. The van der Waals surface area contributed by atoms with E-state index in [4.69, 9.17) is 4.74 Å². The molecule has 0 amide bonds. The summed E-state index contributed by atoms with van der Waals surface area (Å²) in [6.07, 6.45) is 1.56. The Balaban J connectivity index is 2.07. The summed E-state index contributed by atoms with van der Waals surface area (Å²) in [5, 5.41) is 0. The summed E-state index contributed by atoms with van der Waals surface area (Å²) in [5.41, 5.74) is 1.02. The monoisotopic (exact) mass is 290 g/mol. The molecular weight excluding hydrogens is 276 g/mol. The summed E-state index contributed by atoms with van der Waals surface area (Å²) in [6.45, 7) is 2.51. The third-order valence-corrected chi connectivity index (χ3v) is 4.95. The van der Waals surface area contributed by atoms with E-state index in [2.05, 4.69) is 4.98 Å². The van der Waals surface area contributed by atoms with Gasteiger partial charge in [0.2, 0.25) is 0 Å². The fourth-order valence-electron chi connectivity index (χ4n) is 2.10. The average Bonchev–Trinajstić information content (AvgIpc) is 2.47. The number of benzene rings is 1. The summed E-state index contributed by atoms with van der Waals surface area (Å²) < 4.78 is 32.1. The van der Waals surface area contributed by atoms with Crippen molar-refractivity contribution in [2.45, 2.75) is 11.8 Å². The van der Waals surface area contributed by atoms with Crippen LogP contribution in [0.1, 0.15) is 5.56 Å². The van der Waals surface area contributed by atoms with Crippen molar-refractivity contribution in [1.29, 1.82) is 0 Å². The summed E-state index contributed by atoms with van der Waals surface area (Å²) in [5.74, 6) is 0.841. The quantitative estimate of drug-likeness (QED) is 0.848. The van der Waals surface area contributed by atoms with Gasteiger partial charge in [0.05, 0.1) is 11.4 Å². The van der Waals surface area contributed by atoms with E-state index < -0.39 is 10.0 Å². The van der Waals surface area contributed by atoms with E-state index in [1.165, 1.54) is 4.31 Å². The normalized spacial score (nSPS) is 14.6. The van der Waals surface area contributed by atoms with Crippen molar-refractivity contribution in [3.63, 3.8) is 0 Å². The van der Waals surface area contributed by atoms with Crippen LogP contribution in [-0.2, 0) is 10.0 Å². The van der Waals surface area contributed by atoms with E-state index in [9.17, 15) is 8.42 Å². The zero-order valence-corrected chi connectivity index (χ0v) is 11.8. The Labute approximate surface area is 117 Å². The number of fused-ring (bicyclic) bond motifs is 1. The third-order valence-electron chi connectivity index (χ3n) is 3.15. The van der Waals surface area contributed by atoms with Gasteiger partial charge in [-0.05, 0) is 31.2 Å². The Hall–Kier alpha value is -2.08. The van der Waals surface area contributed by atoms with Gasteiger partial charge in [0.15, 0.2) is 11.6 Å². The number of rotatable bonds is 2. The first-order valence-corrected chi connectivity index (χ1v) is 7.70. The van der Waals surface area contributed by atoms with Crippen molar-refractivity contribution in [1.82, 2.24) is 4.98 Å². The smallest absolute Gasteiger partial charge is 0.265 e. The van der Waals surface area contributed by atoms with Crippen LogP contribution in [0, 0.1) is 6.92 Å². The number of ether oxygens (including phenoxy) is 1. The lowest BCUT2D eigenvalue weighted by Gasteiger charge is -2.29. The molecule has 1 aliphatic heterocycles. The van der Waals surface area contributed by atoms with Crippen LogP contribution in [0.3, 0.4) is 0 Å². The first-order chi connectivity index (χ1) is 9.59. The summed E-state index contributed by atoms with van der Waals surface area (Å²) in [6, 6.07) is 10.2. The predicted molar refractivity (Wildman–Crippen MR) is 75.4 cm³/mol. The largest absolute Gasteiger partial charge is 0.488 e. The number of hydrogen-bond donors (Lipinski definition) is 0. The van der Waals surface area contributed by atoms with Gasteiger partial charge >= 0.3 is 0 Å². The molecule has 0 fully saturated rings. The minimum atomic E-state index is -3.60. The summed E-state index contributed by atoms with van der Waals surface area (Å²) in [4.78, 5) is 4.40. The van der Waals surface area contributed by atoms with E-state index in [-0.39, 0.29) is 11.4 Å².